The van der Waals surface area contributed by atoms with Crippen LogP contribution in [0.25, 0.3) is 0 Å². The zero-order valence-electron chi connectivity index (χ0n) is 11.8. The van der Waals surface area contributed by atoms with Crippen LogP contribution in [0.3, 0.4) is 0 Å². The fourth-order valence-electron chi connectivity index (χ4n) is 5.14. The number of nitrogens with zero attached hydrogens (tertiary/aromatic N) is 1. The van der Waals surface area contributed by atoms with Crippen LogP contribution >= 0.6 is 0 Å². The van der Waals surface area contributed by atoms with Crippen LogP contribution in [0.4, 0.5) is 0 Å². The first-order chi connectivity index (χ1) is 9.90. The molecule has 2 bridgehead atoms. The van der Waals surface area contributed by atoms with E-state index in [1.54, 1.807) is 0 Å². The molecule has 7 atom stereocenters. The highest BCUT2D eigenvalue weighted by Gasteiger charge is 2.52. The molecule has 4 N–H and O–H groups in total. The Morgan fingerprint density at radius 1 is 1.00 bits per heavy atom. The minimum atomic E-state index is 0.211. The largest absolute Gasteiger partial charge is 0.361 e. The fourth-order valence-corrected chi connectivity index (χ4v) is 5.14. The zero-order valence-corrected chi connectivity index (χ0v) is 11.8. The van der Waals surface area contributed by atoms with Gasteiger partial charge in [-0.3, -0.25) is 15.5 Å². The Morgan fingerprint density at radius 2 is 2.00 bits per heavy atom. The summed E-state index contributed by atoms with van der Waals surface area (Å²) in [6, 6.07) is 2.46. The first kappa shape index (κ1) is 12.3. The molecule has 7 unspecified atom stereocenters. The first-order valence-electron chi connectivity index (χ1n) is 8.24. The highest BCUT2D eigenvalue weighted by molar-refractivity contribution is 5.07. The molecule has 5 heterocycles. The number of fused-ring (bicyclic) bond motifs is 5. The summed E-state index contributed by atoms with van der Waals surface area (Å²) in [5.41, 5.74) is 0. The number of piperidine rings is 1. The molecule has 6 heteroatoms. The summed E-state index contributed by atoms with van der Waals surface area (Å²) >= 11 is 0. The molecule has 0 radical (unpaired) electrons. The topological polar surface area (TPSA) is 60.6 Å². The summed E-state index contributed by atoms with van der Waals surface area (Å²) in [6.45, 7) is 4.05. The van der Waals surface area contributed by atoms with Crippen molar-refractivity contribution in [2.45, 2.75) is 55.8 Å². The van der Waals surface area contributed by atoms with E-state index >= 15 is 0 Å². The summed E-state index contributed by atoms with van der Waals surface area (Å²) in [7, 11) is 0. The van der Waals surface area contributed by atoms with Crippen LogP contribution in [0.1, 0.15) is 19.3 Å². The maximum atomic E-state index is 6.29. The van der Waals surface area contributed by atoms with Gasteiger partial charge in [-0.25, -0.2) is 0 Å². The van der Waals surface area contributed by atoms with Gasteiger partial charge in [-0.1, -0.05) is 0 Å². The second-order valence-corrected chi connectivity index (χ2v) is 7.02. The third-order valence-electron chi connectivity index (χ3n) is 6.06. The van der Waals surface area contributed by atoms with Crippen LogP contribution in [-0.4, -0.2) is 67.8 Å². The Balaban J connectivity index is 1.50. The fraction of sp³-hybridized carbons (Fsp3) is 1.00. The Labute approximate surface area is 120 Å². The molecule has 5 saturated heterocycles. The van der Waals surface area contributed by atoms with E-state index < -0.39 is 0 Å². The maximum absolute atomic E-state index is 6.29. The van der Waals surface area contributed by atoms with E-state index in [9.17, 15) is 0 Å². The number of nitrogens with one attached hydrogen (secondary N) is 4. The van der Waals surface area contributed by atoms with E-state index in [2.05, 4.69) is 26.2 Å². The molecule has 5 rings (SSSR count). The predicted molar refractivity (Wildman–Crippen MR) is 75.0 cm³/mol. The molecule has 0 aliphatic carbocycles. The summed E-state index contributed by atoms with van der Waals surface area (Å²) < 4.78 is 6.29. The van der Waals surface area contributed by atoms with Crippen molar-refractivity contribution in [2.75, 3.05) is 26.4 Å². The molecular formula is C14H25N5O. The molecule has 0 aromatic heterocycles. The van der Waals surface area contributed by atoms with E-state index in [4.69, 9.17) is 4.74 Å². The number of hydrogen-bond donors (Lipinski definition) is 4. The minimum Gasteiger partial charge on any atom is -0.361 e. The molecule has 0 spiro atoms. The van der Waals surface area contributed by atoms with Crippen molar-refractivity contribution in [1.82, 2.24) is 26.2 Å². The number of ether oxygens (including phenoxy) is 1. The number of piperazine rings is 1. The normalized spacial score (nSPS) is 54.9. The van der Waals surface area contributed by atoms with Gasteiger partial charge in [-0.05, 0) is 25.8 Å². The van der Waals surface area contributed by atoms with E-state index in [-0.39, 0.29) is 6.23 Å². The zero-order chi connectivity index (χ0) is 13.1. The Bertz CT molecular complexity index is 392. The van der Waals surface area contributed by atoms with E-state index in [0.717, 1.165) is 19.8 Å². The molecule has 0 aromatic rings. The van der Waals surface area contributed by atoms with Crippen molar-refractivity contribution in [1.29, 1.82) is 0 Å². The standard InChI is InChI=1S/C14H25N5O/c1-2-9-11-6-20-14-12-10(3-4-15-14)16-7-17-13(12)19(11)5-8(1)18-9/h8-18H,1-7H2. The molecule has 0 saturated carbocycles. The summed E-state index contributed by atoms with van der Waals surface area (Å²) in [6.07, 6.45) is 4.54. The second-order valence-electron chi connectivity index (χ2n) is 7.02. The van der Waals surface area contributed by atoms with Crippen molar-refractivity contribution >= 4 is 0 Å². The number of rotatable bonds is 0. The van der Waals surface area contributed by atoms with Gasteiger partial charge in [0.15, 0.2) is 0 Å². The average Bonchev–Trinajstić information content (AvgIpc) is 2.79. The third kappa shape index (κ3) is 1.73. The molecule has 6 nitrogen and oxygen atoms in total. The lowest BCUT2D eigenvalue weighted by atomic mass is 9.86. The van der Waals surface area contributed by atoms with Crippen molar-refractivity contribution < 1.29 is 4.74 Å². The molecule has 20 heavy (non-hydrogen) atoms. The lowest BCUT2D eigenvalue weighted by molar-refractivity contribution is -0.0501. The van der Waals surface area contributed by atoms with E-state index in [1.807, 2.05) is 0 Å². The SMILES string of the molecule is C1CC2NCNC3C2C(N1)OCC1C2CCC(CN13)N2. The summed E-state index contributed by atoms with van der Waals surface area (Å²) in [5.74, 6) is 0.528. The Hall–Kier alpha value is -0.240. The van der Waals surface area contributed by atoms with Crippen molar-refractivity contribution in [3.63, 3.8) is 0 Å². The smallest absolute Gasteiger partial charge is 0.115 e. The van der Waals surface area contributed by atoms with Gasteiger partial charge in [0, 0.05) is 43.3 Å². The van der Waals surface area contributed by atoms with Crippen molar-refractivity contribution in [3.8, 4) is 0 Å². The van der Waals surface area contributed by atoms with Crippen LogP contribution in [-0.2, 0) is 4.74 Å². The molecule has 5 aliphatic rings. The summed E-state index contributed by atoms with van der Waals surface area (Å²) in [5, 5.41) is 14.7. The summed E-state index contributed by atoms with van der Waals surface area (Å²) in [4.78, 5) is 2.73. The van der Waals surface area contributed by atoms with E-state index in [0.29, 0.717) is 36.3 Å². The predicted octanol–water partition coefficient (Wildman–Crippen LogP) is -1.40. The van der Waals surface area contributed by atoms with Crippen LogP contribution in [0.15, 0.2) is 0 Å². The minimum absolute atomic E-state index is 0.211. The van der Waals surface area contributed by atoms with Crippen molar-refractivity contribution in [3.05, 3.63) is 0 Å². The monoisotopic (exact) mass is 279 g/mol. The lowest BCUT2D eigenvalue weighted by Gasteiger charge is -2.51. The van der Waals surface area contributed by atoms with Crippen LogP contribution in [0, 0.1) is 5.92 Å². The van der Waals surface area contributed by atoms with Gasteiger partial charge >= 0.3 is 0 Å². The second kappa shape index (κ2) is 4.63. The van der Waals surface area contributed by atoms with Crippen LogP contribution in [0.2, 0.25) is 0 Å². The van der Waals surface area contributed by atoms with Gasteiger partial charge in [-0.15, -0.1) is 0 Å². The quantitative estimate of drug-likeness (QED) is 0.438. The van der Waals surface area contributed by atoms with Crippen molar-refractivity contribution in [2.24, 2.45) is 5.92 Å². The molecule has 5 fully saturated rings. The van der Waals surface area contributed by atoms with Gasteiger partial charge in [0.25, 0.3) is 0 Å². The van der Waals surface area contributed by atoms with Gasteiger partial charge in [-0.2, -0.15) is 0 Å². The third-order valence-corrected chi connectivity index (χ3v) is 6.06. The highest BCUT2D eigenvalue weighted by Crippen LogP contribution is 2.35. The molecule has 5 aliphatic heterocycles. The van der Waals surface area contributed by atoms with Gasteiger partial charge < -0.3 is 15.4 Å². The molecule has 0 amide bonds. The average molecular weight is 279 g/mol. The van der Waals surface area contributed by atoms with E-state index in [1.165, 1.54) is 25.8 Å². The van der Waals surface area contributed by atoms with Crippen LogP contribution < -0.4 is 21.3 Å². The van der Waals surface area contributed by atoms with Crippen LogP contribution in [0.5, 0.6) is 0 Å². The molecular weight excluding hydrogens is 254 g/mol. The number of hydrogen-bond acceptors (Lipinski definition) is 6. The first-order valence-corrected chi connectivity index (χ1v) is 8.24. The van der Waals surface area contributed by atoms with Gasteiger partial charge in [0.2, 0.25) is 0 Å². The highest BCUT2D eigenvalue weighted by atomic mass is 16.5. The lowest BCUT2D eigenvalue weighted by Crippen LogP contribution is -2.72. The van der Waals surface area contributed by atoms with Gasteiger partial charge in [0.05, 0.1) is 12.8 Å². The molecule has 0 aromatic carbocycles. The van der Waals surface area contributed by atoms with Gasteiger partial charge in [0.1, 0.15) is 6.23 Å². The Morgan fingerprint density at radius 3 is 3.00 bits per heavy atom. The maximum Gasteiger partial charge on any atom is 0.115 e. The Kier molecular flexibility index (Phi) is 2.85. The molecule has 112 valence electrons.